The van der Waals surface area contributed by atoms with Crippen LogP contribution in [0.3, 0.4) is 0 Å². The van der Waals surface area contributed by atoms with Gasteiger partial charge in [0.15, 0.2) is 0 Å². The Morgan fingerprint density at radius 3 is 2.17 bits per heavy atom. The van der Waals surface area contributed by atoms with E-state index in [9.17, 15) is 8.42 Å². The zero-order chi connectivity index (χ0) is 13.6. The molecule has 0 aliphatic heterocycles. The SMILES string of the molecule is CCNC1CCC(NS(=O)(=O)NCC(C)C)CC1. The summed E-state index contributed by atoms with van der Waals surface area (Å²) in [6.45, 7) is 7.55. The van der Waals surface area contributed by atoms with E-state index in [2.05, 4.69) is 21.7 Å². The molecule has 1 aliphatic carbocycles. The lowest BCUT2D eigenvalue weighted by Gasteiger charge is -2.29. The maximum absolute atomic E-state index is 11.8. The highest BCUT2D eigenvalue weighted by atomic mass is 32.2. The van der Waals surface area contributed by atoms with E-state index in [1.165, 1.54) is 0 Å². The van der Waals surface area contributed by atoms with Gasteiger partial charge in [-0.1, -0.05) is 20.8 Å². The lowest BCUT2D eigenvalue weighted by atomic mass is 9.92. The van der Waals surface area contributed by atoms with Crippen molar-refractivity contribution in [2.24, 2.45) is 5.92 Å². The molecule has 1 fully saturated rings. The third kappa shape index (κ3) is 6.13. The van der Waals surface area contributed by atoms with Gasteiger partial charge < -0.3 is 5.32 Å². The summed E-state index contributed by atoms with van der Waals surface area (Å²) in [6.07, 6.45) is 3.93. The summed E-state index contributed by atoms with van der Waals surface area (Å²) < 4.78 is 28.9. The van der Waals surface area contributed by atoms with Gasteiger partial charge in [0.25, 0.3) is 10.2 Å². The molecule has 0 amide bonds. The molecule has 0 saturated heterocycles. The Kier molecular flexibility index (Phi) is 6.55. The zero-order valence-electron chi connectivity index (χ0n) is 11.7. The highest BCUT2D eigenvalue weighted by molar-refractivity contribution is 7.87. The monoisotopic (exact) mass is 277 g/mol. The van der Waals surface area contributed by atoms with Crippen molar-refractivity contribution < 1.29 is 8.42 Å². The van der Waals surface area contributed by atoms with Gasteiger partial charge in [0.2, 0.25) is 0 Å². The first kappa shape index (κ1) is 15.9. The van der Waals surface area contributed by atoms with Crippen molar-refractivity contribution in [3.05, 3.63) is 0 Å². The molecule has 0 aromatic rings. The van der Waals surface area contributed by atoms with Crippen LogP contribution in [0.4, 0.5) is 0 Å². The van der Waals surface area contributed by atoms with Crippen molar-refractivity contribution in [3.8, 4) is 0 Å². The average Bonchev–Trinajstić information content (AvgIpc) is 2.29. The fourth-order valence-corrected chi connectivity index (χ4v) is 3.55. The highest BCUT2D eigenvalue weighted by Gasteiger charge is 2.24. The van der Waals surface area contributed by atoms with Gasteiger partial charge in [0.1, 0.15) is 0 Å². The second kappa shape index (κ2) is 7.43. The molecule has 1 saturated carbocycles. The minimum atomic E-state index is -3.33. The van der Waals surface area contributed by atoms with Gasteiger partial charge >= 0.3 is 0 Å². The normalized spacial score (nSPS) is 25.6. The Labute approximate surface area is 111 Å². The summed E-state index contributed by atoms with van der Waals surface area (Å²) in [6, 6.07) is 0.643. The molecule has 18 heavy (non-hydrogen) atoms. The van der Waals surface area contributed by atoms with E-state index in [1.54, 1.807) is 0 Å². The summed E-state index contributed by atoms with van der Waals surface area (Å²) in [5, 5.41) is 3.42. The van der Waals surface area contributed by atoms with Gasteiger partial charge in [-0.25, -0.2) is 4.72 Å². The van der Waals surface area contributed by atoms with Crippen LogP contribution >= 0.6 is 0 Å². The number of hydrogen-bond acceptors (Lipinski definition) is 3. The van der Waals surface area contributed by atoms with Gasteiger partial charge in [-0.15, -0.1) is 0 Å². The van der Waals surface area contributed by atoms with Crippen LogP contribution in [0.25, 0.3) is 0 Å². The lowest BCUT2D eigenvalue weighted by Crippen LogP contribution is -2.46. The van der Waals surface area contributed by atoms with E-state index in [0.29, 0.717) is 18.5 Å². The van der Waals surface area contributed by atoms with Crippen molar-refractivity contribution >= 4 is 10.2 Å². The summed E-state index contributed by atoms with van der Waals surface area (Å²) in [5.41, 5.74) is 0. The molecule has 3 N–H and O–H groups in total. The molecule has 108 valence electrons. The van der Waals surface area contributed by atoms with E-state index in [1.807, 2.05) is 13.8 Å². The molecule has 6 heteroatoms. The molecule has 0 spiro atoms. The van der Waals surface area contributed by atoms with E-state index in [4.69, 9.17) is 0 Å². The zero-order valence-corrected chi connectivity index (χ0v) is 12.5. The van der Waals surface area contributed by atoms with E-state index in [-0.39, 0.29) is 6.04 Å². The van der Waals surface area contributed by atoms with Crippen molar-refractivity contribution in [3.63, 3.8) is 0 Å². The van der Waals surface area contributed by atoms with Crippen molar-refractivity contribution in [2.75, 3.05) is 13.1 Å². The highest BCUT2D eigenvalue weighted by Crippen LogP contribution is 2.18. The van der Waals surface area contributed by atoms with Crippen LogP contribution in [0.15, 0.2) is 0 Å². The molecule has 5 nitrogen and oxygen atoms in total. The smallest absolute Gasteiger partial charge is 0.277 e. The van der Waals surface area contributed by atoms with Crippen LogP contribution in [0.5, 0.6) is 0 Å². The third-order valence-corrected chi connectivity index (χ3v) is 4.41. The van der Waals surface area contributed by atoms with E-state index < -0.39 is 10.2 Å². The predicted molar refractivity (Wildman–Crippen MR) is 74.6 cm³/mol. The maximum atomic E-state index is 11.8. The summed E-state index contributed by atoms with van der Waals surface area (Å²) >= 11 is 0. The van der Waals surface area contributed by atoms with Gasteiger partial charge in [0.05, 0.1) is 0 Å². The molecule has 0 radical (unpaired) electrons. The Hall–Kier alpha value is -0.170. The van der Waals surface area contributed by atoms with Crippen LogP contribution in [-0.4, -0.2) is 33.6 Å². The Morgan fingerprint density at radius 2 is 1.67 bits per heavy atom. The quantitative estimate of drug-likeness (QED) is 0.650. The molecule has 0 aromatic carbocycles. The van der Waals surface area contributed by atoms with Crippen LogP contribution in [0.2, 0.25) is 0 Å². The molecule has 0 aromatic heterocycles. The van der Waals surface area contributed by atoms with Gasteiger partial charge in [-0.05, 0) is 38.1 Å². The van der Waals surface area contributed by atoms with Gasteiger partial charge in [-0.3, -0.25) is 0 Å². The largest absolute Gasteiger partial charge is 0.314 e. The fourth-order valence-electron chi connectivity index (χ4n) is 2.24. The number of hydrogen-bond donors (Lipinski definition) is 3. The number of nitrogens with one attached hydrogen (secondary N) is 3. The standard InChI is InChI=1S/C12H27N3O2S/c1-4-13-11-5-7-12(8-6-11)15-18(16,17)14-9-10(2)3/h10-15H,4-9H2,1-3H3. The first-order valence-electron chi connectivity index (χ1n) is 6.93. The van der Waals surface area contributed by atoms with Crippen LogP contribution in [0.1, 0.15) is 46.5 Å². The number of rotatable bonds is 7. The Bertz CT molecular complexity index is 322. The molecule has 1 aliphatic rings. The van der Waals surface area contributed by atoms with Crippen molar-refractivity contribution in [1.82, 2.24) is 14.8 Å². The topological polar surface area (TPSA) is 70.2 Å². The minimum Gasteiger partial charge on any atom is -0.314 e. The minimum absolute atomic E-state index is 0.0876. The molecule has 0 bridgehead atoms. The van der Waals surface area contributed by atoms with Gasteiger partial charge in [0, 0.05) is 18.6 Å². The van der Waals surface area contributed by atoms with E-state index in [0.717, 1.165) is 32.2 Å². The van der Waals surface area contributed by atoms with Crippen molar-refractivity contribution in [2.45, 2.75) is 58.5 Å². The lowest BCUT2D eigenvalue weighted by molar-refractivity contribution is 0.332. The molecule has 0 unspecified atom stereocenters. The first-order chi connectivity index (χ1) is 8.43. The van der Waals surface area contributed by atoms with Crippen molar-refractivity contribution in [1.29, 1.82) is 0 Å². The van der Waals surface area contributed by atoms with Gasteiger partial charge in [-0.2, -0.15) is 13.1 Å². The molecular weight excluding hydrogens is 250 g/mol. The molecule has 0 atom stereocenters. The molecule has 1 rings (SSSR count). The first-order valence-corrected chi connectivity index (χ1v) is 8.41. The summed E-state index contributed by atoms with van der Waals surface area (Å²) in [5.74, 6) is 0.325. The molecule has 0 heterocycles. The maximum Gasteiger partial charge on any atom is 0.277 e. The summed E-state index contributed by atoms with van der Waals surface area (Å²) in [4.78, 5) is 0. The van der Waals surface area contributed by atoms with E-state index >= 15 is 0 Å². The third-order valence-electron chi connectivity index (χ3n) is 3.22. The second-order valence-electron chi connectivity index (χ2n) is 5.47. The summed E-state index contributed by atoms with van der Waals surface area (Å²) in [7, 11) is -3.33. The average molecular weight is 277 g/mol. The second-order valence-corrected chi connectivity index (χ2v) is 7.00. The Morgan fingerprint density at radius 1 is 1.11 bits per heavy atom. The fraction of sp³-hybridized carbons (Fsp3) is 1.00. The van der Waals surface area contributed by atoms with Crippen LogP contribution in [0, 0.1) is 5.92 Å². The predicted octanol–water partition coefficient (Wildman–Crippen LogP) is 0.987. The Balaban J connectivity index is 2.31. The van der Waals surface area contributed by atoms with Crippen LogP contribution < -0.4 is 14.8 Å². The molecular formula is C12H27N3O2S. The van der Waals surface area contributed by atoms with Crippen LogP contribution in [-0.2, 0) is 10.2 Å².